The second kappa shape index (κ2) is 12.5. The summed E-state index contributed by atoms with van der Waals surface area (Å²) in [6.07, 6.45) is 0. The van der Waals surface area contributed by atoms with Crippen molar-refractivity contribution >= 4 is 17.6 Å². The topological polar surface area (TPSA) is 121 Å². The van der Waals surface area contributed by atoms with E-state index in [1.807, 2.05) is 32.0 Å². The van der Waals surface area contributed by atoms with Crippen molar-refractivity contribution in [1.29, 1.82) is 0 Å². The number of aromatic hydroxyl groups is 1. The third kappa shape index (κ3) is 7.77. The van der Waals surface area contributed by atoms with Crippen LogP contribution in [-0.4, -0.2) is 52.1 Å². The summed E-state index contributed by atoms with van der Waals surface area (Å²) in [7, 11) is 0. The van der Waals surface area contributed by atoms with Gasteiger partial charge in [-0.25, -0.2) is 4.79 Å². The number of carbonyl (C=O) groups is 2. The Morgan fingerprint density at radius 1 is 0.964 bits per heavy atom. The number of carboxylic acid groups (broad SMARTS) is 1. The Hall–Kier alpha value is -2.90. The van der Waals surface area contributed by atoms with Gasteiger partial charge in [-0.3, -0.25) is 9.69 Å². The van der Waals surface area contributed by atoms with Crippen molar-refractivity contribution in [2.45, 2.75) is 27.7 Å². The van der Waals surface area contributed by atoms with Gasteiger partial charge < -0.3 is 21.0 Å². The Morgan fingerprint density at radius 3 is 1.93 bits per heavy atom. The number of phenols is 1. The minimum Gasteiger partial charge on any atom is -0.507 e. The first-order valence-electron chi connectivity index (χ1n) is 8.89. The second-order valence-electron chi connectivity index (χ2n) is 6.10. The summed E-state index contributed by atoms with van der Waals surface area (Å²) in [5.74, 6) is -1.25. The zero-order chi connectivity index (χ0) is 20.4. The van der Waals surface area contributed by atoms with Crippen LogP contribution in [0.5, 0.6) is 5.75 Å². The molecule has 0 heterocycles. The number of anilines is 1. The summed E-state index contributed by atoms with van der Waals surface area (Å²) in [6.45, 7) is 10.4. The summed E-state index contributed by atoms with van der Waals surface area (Å²) in [5.41, 5.74) is 3.10. The zero-order valence-electron chi connectivity index (χ0n) is 16.8. The van der Waals surface area contributed by atoms with E-state index in [4.69, 9.17) is 10.2 Å². The van der Waals surface area contributed by atoms with E-state index in [1.165, 1.54) is 12.1 Å². The maximum absolute atomic E-state index is 11.9. The highest BCUT2D eigenvalue weighted by molar-refractivity contribution is 5.93. The van der Waals surface area contributed by atoms with E-state index in [0.717, 1.165) is 29.9 Å². The van der Waals surface area contributed by atoms with E-state index < -0.39 is 5.97 Å². The standard InChI is InChI=1S/C14H22N2O.C7H6O3.H2O/c1-5-16(6-2)10-13(17)15-14-11(3)8-7-9-12(14)4;8-6-4-2-1-3-5(6)7(9)10;/h7-9H,5-6,10H2,1-4H3,(H,15,17);1-4,8H,(H,9,10);1H2. The van der Waals surface area contributed by atoms with Crippen LogP contribution in [0.4, 0.5) is 5.69 Å². The van der Waals surface area contributed by atoms with Gasteiger partial charge in [-0.15, -0.1) is 0 Å². The molecule has 0 radical (unpaired) electrons. The Bertz CT molecular complexity index is 753. The number of carboxylic acids is 1. The largest absolute Gasteiger partial charge is 0.507 e. The number of hydrogen-bond donors (Lipinski definition) is 3. The van der Waals surface area contributed by atoms with Crippen molar-refractivity contribution in [3.8, 4) is 5.75 Å². The highest BCUT2D eigenvalue weighted by atomic mass is 16.4. The fraction of sp³-hybridized carbons (Fsp3) is 0.333. The molecular weight excluding hydrogens is 360 g/mol. The monoisotopic (exact) mass is 390 g/mol. The summed E-state index contributed by atoms with van der Waals surface area (Å²) in [5, 5.41) is 20.3. The molecule has 0 saturated carbocycles. The van der Waals surface area contributed by atoms with Crippen LogP contribution in [-0.2, 0) is 4.79 Å². The number of para-hydroxylation sites is 2. The van der Waals surface area contributed by atoms with Crippen molar-refractivity contribution in [3.05, 3.63) is 59.2 Å². The average Bonchev–Trinajstić information content (AvgIpc) is 2.63. The first-order valence-corrected chi connectivity index (χ1v) is 8.89. The molecule has 0 aliphatic carbocycles. The summed E-state index contributed by atoms with van der Waals surface area (Å²) < 4.78 is 0. The van der Waals surface area contributed by atoms with Gasteiger partial charge in [0.05, 0.1) is 6.54 Å². The second-order valence-corrected chi connectivity index (χ2v) is 6.10. The molecule has 7 heteroatoms. The minimum absolute atomic E-state index is 0. The Morgan fingerprint density at radius 2 is 1.50 bits per heavy atom. The van der Waals surface area contributed by atoms with Gasteiger partial charge in [0.2, 0.25) is 5.91 Å². The number of rotatable bonds is 6. The highest BCUT2D eigenvalue weighted by Gasteiger charge is 2.10. The average molecular weight is 390 g/mol. The molecule has 0 unspecified atom stereocenters. The lowest BCUT2D eigenvalue weighted by Gasteiger charge is -2.18. The molecule has 28 heavy (non-hydrogen) atoms. The normalized spacial score (nSPS) is 9.75. The number of likely N-dealkylation sites (N-methyl/N-ethyl adjacent to an activating group) is 1. The van der Waals surface area contributed by atoms with E-state index in [9.17, 15) is 9.59 Å². The summed E-state index contributed by atoms with van der Waals surface area (Å²) in [6, 6.07) is 11.8. The fourth-order valence-electron chi connectivity index (χ4n) is 2.50. The number of aromatic carboxylic acids is 1. The maximum Gasteiger partial charge on any atom is 0.339 e. The minimum atomic E-state index is -1.11. The predicted molar refractivity (Wildman–Crippen MR) is 111 cm³/mol. The quantitative estimate of drug-likeness (QED) is 0.700. The van der Waals surface area contributed by atoms with Gasteiger partial charge in [-0.1, -0.05) is 44.2 Å². The lowest BCUT2D eigenvalue weighted by Crippen LogP contribution is -2.33. The summed E-state index contributed by atoms with van der Waals surface area (Å²) in [4.78, 5) is 24.3. The maximum atomic E-state index is 11.9. The number of benzene rings is 2. The number of nitrogens with one attached hydrogen (secondary N) is 1. The van der Waals surface area contributed by atoms with E-state index in [2.05, 4.69) is 24.1 Å². The van der Waals surface area contributed by atoms with Crippen LogP contribution in [0, 0.1) is 13.8 Å². The van der Waals surface area contributed by atoms with Crippen molar-refractivity contribution in [1.82, 2.24) is 4.90 Å². The molecule has 2 aromatic carbocycles. The molecule has 154 valence electrons. The van der Waals surface area contributed by atoms with E-state index in [0.29, 0.717) is 6.54 Å². The van der Waals surface area contributed by atoms with Gasteiger partial charge in [-0.05, 0) is 50.2 Å². The Balaban J connectivity index is 0.000000567. The Kier molecular flexibility index (Phi) is 11.2. The Labute approximate surface area is 165 Å². The molecule has 0 bridgehead atoms. The van der Waals surface area contributed by atoms with E-state index in [1.54, 1.807) is 12.1 Å². The van der Waals surface area contributed by atoms with Gasteiger partial charge in [0.1, 0.15) is 11.3 Å². The molecule has 5 N–H and O–H groups in total. The molecule has 0 aliphatic heterocycles. The van der Waals surface area contributed by atoms with Gasteiger partial charge >= 0.3 is 5.97 Å². The molecule has 0 aliphatic rings. The zero-order valence-corrected chi connectivity index (χ0v) is 16.8. The van der Waals surface area contributed by atoms with Crippen LogP contribution in [0.3, 0.4) is 0 Å². The highest BCUT2D eigenvalue weighted by Crippen LogP contribution is 2.19. The molecule has 1 amide bonds. The smallest absolute Gasteiger partial charge is 0.339 e. The molecule has 0 fully saturated rings. The van der Waals surface area contributed by atoms with Crippen LogP contribution in [0.2, 0.25) is 0 Å². The molecule has 2 rings (SSSR count). The predicted octanol–water partition coefficient (Wildman–Crippen LogP) is 2.85. The van der Waals surface area contributed by atoms with Crippen LogP contribution in [0.25, 0.3) is 0 Å². The molecule has 0 aromatic heterocycles. The first kappa shape index (κ1) is 25.1. The van der Waals surface area contributed by atoms with Crippen molar-refractivity contribution in [3.63, 3.8) is 0 Å². The van der Waals surface area contributed by atoms with Gasteiger partial charge in [0, 0.05) is 5.69 Å². The van der Waals surface area contributed by atoms with E-state index >= 15 is 0 Å². The van der Waals surface area contributed by atoms with Crippen molar-refractivity contribution < 1.29 is 25.3 Å². The number of amides is 1. The van der Waals surface area contributed by atoms with E-state index in [-0.39, 0.29) is 22.7 Å². The van der Waals surface area contributed by atoms with Gasteiger partial charge in [0.25, 0.3) is 0 Å². The molecule has 0 spiro atoms. The lowest BCUT2D eigenvalue weighted by molar-refractivity contribution is -0.117. The van der Waals surface area contributed by atoms with Crippen LogP contribution < -0.4 is 5.32 Å². The van der Waals surface area contributed by atoms with Gasteiger partial charge in [0.15, 0.2) is 0 Å². The molecule has 7 nitrogen and oxygen atoms in total. The van der Waals surface area contributed by atoms with Gasteiger partial charge in [-0.2, -0.15) is 0 Å². The van der Waals surface area contributed by atoms with Crippen molar-refractivity contribution in [2.75, 3.05) is 25.0 Å². The number of carbonyl (C=O) groups excluding carboxylic acids is 1. The lowest BCUT2D eigenvalue weighted by atomic mass is 10.1. The number of nitrogens with zero attached hydrogens (tertiary/aromatic N) is 1. The van der Waals surface area contributed by atoms with Crippen LogP contribution >= 0.6 is 0 Å². The third-order valence-electron chi connectivity index (χ3n) is 4.14. The third-order valence-corrected chi connectivity index (χ3v) is 4.14. The molecule has 0 saturated heterocycles. The fourth-order valence-corrected chi connectivity index (χ4v) is 2.50. The van der Waals surface area contributed by atoms with Crippen LogP contribution in [0.15, 0.2) is 42.5 Å². The molecular formula is C21H30N2O5. The first-order chi connectivity index (χ1) is 12.8. The van der Waals surface area contributed by atoms with Crippen LogP contribution in [0.1, 0.15) is 35.3 Å². The SMILES string of the molecule is CCN(CC)CC(=O)Nc1c(C)cccc1C.O.O=C(O)c1ccccc1O. The molecule has 0 atom stereocenters. The summed E-state index contributed by atoms with van der Waals surface area (Å²) >= 11 is 0. The number of aryl methyl sites for hydroxylation is 2. The molecule has 2 aromatic rings. The van der Waals surface area contributed by atoms with Crippen molar-refractivity contribution in [2.24, 2.45) is 0 Å². The number of hydrogen-bond acceptors (Lipinski definition) is 4.